The van der Waals surface area contributed by atoms with E-state index in [-0.39, 0.29) is 27.1 Å². The second-order valence-corrected chi connectivity index (χ2v) is 14.3. The van der Waals surface area contributed by atoms with E-state index in [1.54, 1.807) is 5.57 Å². The molecule has 0 aliphatic heterocycles. The van der Waals surface area contributed by atoms with Gasteiger partial charge in [-0.2, -0.15) is 0 Å². The third-order valence-electron chi connectivity index (χ3n) is 12.5. The van der Waals surface area contributed by atoms with E-state index in [0.29, 0.717) is 24.0 Å². The molecule has 0 aromatic rings. The lowest BCUT2D eigenvalue weighted by molar-refractivity contribution is -0.155. The number of hydrogen-bond donors (Lipinski definition) is 1. The Kier molecular flexibility index (Phi) is 4.70. The molecule has 33 heavy (non-hydrogen) atoms. The molecule has 0 unspecified atom stereocenters. The molecule has 5 rings (SSSR count). The van der Waals surface area contributed by atoms with Crippen LogP contribution in [-0.4, -0.2) is 16.9 Å². The second-order valence-electron chi connectivity index (χ2n) is 14.3. The zero-order valence-corrected chi connectivity index (χ0v) is 21.9. The molecule has 1 N–H and O–H groups in total. The number of hydrogen-bond acceptors (Lipinski definition) is 2. The fraction of sp³-hybridized carbons (Fsp3) is 0.800. The van der Waals surface area contributed by atoms with Crippen molar-refractivity contribution >= 4 is 11.8 Å². The Morgan fingerprint density at radius 3 is 2.21 bits per heavy atom. The first-order chi connectivity index (χ1) is 15.1. The van der Waals surface area contributed by atoms with Crippen LogP contribution in [0.1, 0.15) is 106 Å². The number of ketones is 1. The van der Waals surface area contributed by atoms with E-state index in [0.717, 1.165) is 38.5 Å². The molecule has 182 valence electrons. The topological polar surface area (TPSA) is 54.4 Å². The predicted octanol–water partition coefficient (Wildman–Crippen LogP) is 7.36. The highest BCUT2D eigenvalue weighted by Crippen LogP contribution is 2.74. The summed E-state index contributed by atoms with van der Waals surface area (Å²) in [6.45, 7) is 16.2. The smallest absolute Gasteiger partial charge is 0.309 e. The fourth-order valence-electron chi connectivity index (χ4n) is 9.65. The van der Waals surface area contributed by atoms with E-state index in [9.17, 15) is 14.7 Å². The maximum absolute atomic E-state index is 12.9. The van der Waals surface area contributed by atoms with Gasteiger partial charge in [0, 0.05) is 11.8 Å². The van der Waals surface area contributed by atoms with Crippen molar-refractivity contribution in [3.63, 3.8) is 0 Å². The van der Waals surface area contributed by atoms with Crippen molar-refractivity contribution in [1.82, 2.24) is 0 Å². The molecule has 0 heterocycles. The SMILES string of the molecule is CC1(C)C(=O)CC[C@]2(C)C3=CC=C4[C@@H]5C[C@@](C)(C(=O)O)CC[C@]5(C)CC[C@@]4(C)[C@]3(C)CC[C@@H]12. The molecule has 5 aliphatic carbocycles. The van der Waals surface area contributed by atoms with Crippen LogP contribution in [0.5, 0.6) is 0 Å². The summed E-state index contributed by atoms with van der Waals surface area (Å²) in [5, 5.41) is 10.0. The number of Topliss-reactive ketones (excluding diaryl/α,β-unsaturated/α-hetero) is 1. The summed E-state index contributed by atoms with van der Waals surface area (Å²) in [5.74, 6) is 0.562. The summed E-state index contributed by atoms with van der Waals surface area (Å²) >= 11 is 0. The van der Waals surface area contributed by atoms with Gasteiger partial charge in [-0.1, -0.05) is 64.8 Å². The molecule has 0 aromatic heterocycles. The van der Waals surface area contributed by atoms with Crippen LogP contribution in [0.2, 0.25) is 0 Å². The van der Waals surface area contributed by atoms with Gasteiger partial charge in [0.2, 0.25) is 0 Å². The maximum atomic E-state index is 12.9. The van der Waals surface area contributed by atoms with E-state index in [2.05, 4.69) is 53.7 Å². The third-order valence-corrected chi connectivity index (χ3v) is 12.5. The number of carbonyl (C=O) groups excluding carboxylic acids is 1. The van der Waals surface area contributed by atoms with E-state index < -0.39 is 11.4 Å². The largest absolute Gasteiger partial charge is 0.481 e. The molecule has 0 spiro atoms. The fourth-order valence-corrected chi connectivity index (χ4v) is 9.65. The lowest BCUT2D eigenvalue weighted by Crippen LogP contribution is -2.60. The van der Waals surface area contributed by atoms with E-state index >= 15 is 0 Å². The number of aliphatic carboxylic acids is 1. The Morgan fingerprint density at radius 1 is 0.879 bits per heavy atom. The van der Waals surface area contributed by atoms with Gasteiger partial charge in [0.15, 0.2) is 0 Å². The average Bonchev–Trinajstić information content (AvgIpc) is 2.73. The van der Waals surface area contributed by atoms with Crippen LogP contribution < -0.4 is 0 Å². The highest BCUT2D eigenvalue weighted by molar-refractivity contribution is 5.86. The summed E-state index contributed by atoms with van der Waals surface area (Å²) < 4.78 is 0. The van der Waals surface area contributed by atoms with E-state index in [1.807, 2.05) is 6.92 Å². The van der Waals surface area contributed by atoms with E-state index in [1.165, 1.54) is 18.4 Å². The highest BCUT2D eigenvalue weighted by atomic mass is 16.4. The molecule has 0 amide bonds. The molecule has 4 fully saturated rings. The van der Waals surface area contributed by atoms with Crippen molar-refractivity contribution in [3.8, 4) is 0 Å². The zero-order chi connectivity index (χ0) is 24.2. The van der Waals surface area contributed by atoms with Gasteiger partial charge in [-0.15, -0.1) is 0 Å². The maximum Gasteiger partial charge on any atom is 0.309 e. The summed E-state index contributed by atoms with van der Waals surface area (Å²) in [4.78, 5) is 25.1. The Bertz CT molecular complexity index is 987. The molecule has 0 aromatic carbocycles. The standard InChI is InChI=1S/C30H44O3/c1-25(2)21-10-13-30(7)22(28(21,5)12-11-23(25)31)9-8-19-20-18-27(4,24(32)33)15-14-26(20,3)16-17-29(19,30)6/h8-9,20-21H,10-18H2,1-7H3,(H,32,33)/t20-,21-,26+,27-,28-,29+,30+/m0/s1. The van der Waals surface area contributed by atoms with Gasteiger partial charge in [-0.05, 0) is 91.8 Å². The molecule has 0 saturated heterocycles. The van der Waals surface area contributed by atoms with Crippen molar-refractivity contribution in [3.05, 3.63) is 23.3 Å². The summed E-state index contributed by atoms with van der Waals surface area (Å²) in [7, 11) is 0. The lowest BCUT2D eigenvalue weighted by atomic mass is 9.36. The lowest BCUT2D eigenvalue weighted by Gasteiger charge is -2.68. The van der Waals surface area contributed by atoms with Gasteiger partial charge in [0.05, 0.1) is 5.41 Å². The number of allylic oxidation sites excluding steroid dienone is 4. The van der Waals surface area contributed by atoms with Gasteiger partial charge >= 0.3 is 5.97 Å². The van der Waals surface area contributed by atoms with Crippen molar-refractivity contribution in [2.45, 2.75) is 106 Å². The monoisotopic (exact) mass is 452 g/mol. The summed E-state index contributed by atoms with van der Waals surface area (Å²) in [5.41, 5.74) is 2.67. The number of rotatable bonds is 1. The third kappa shape index (κ3) is 2.74. The minimum Gasteiger partial charge on any atom is -0.481 e. The van der Waals surface area contributed by atoms with Gasteiger partial charge in [0.1, 0.15) is 5.78 Å². The Balaban J connectivity index is 1.63. The van der Waals surface area contributed by atoms with Crippen LogP contribution in [0.3, 0.4) is 0 Å². The molecule has 0 radical (unpaired) electrons. The molecular weight excluding hydrogens is 408 g/mol. The Hall–Kier alpha value is -1.38. The quantitative estimate of drug-likeness (QED) is 0.452. The van der Waals surface area contributed by atoms with Crippen LogP contribution in [0.25, 0.3) is 0 Å². The summed E-state index contributed by atoms with van der Waals surface area (Å²) in [6, 6.07) is 0. The normalized spacial score (nSPS) is 50.7. The van der Waals surface area contributed by atoms with Crippen molar-refractivity contribution in [2.24, 2.45) is 44.3 Å². The molecule has 5 aliphatic rings. The van der Waals surface area contributed by atoms with E-state index in [4.69, 9.17) is 0 Å². The van der Waals surface area contributed by atoms with Crippen molar-refractivity contribution in [1.29, 1.82) is 0 Å². The first kappa shape index (κ1) is 23.4. The first-order valence-electron chi connectivity index (χ1n) is 13.3. The molecular formula is C30H44O3. The first-order valence-corrected chi connectivity index (χ1v) is 13.3. The second kappa shape index (κ2) is 6.64. The van der Waals surface area contributed by atoms with Crippen molar-refractivity contribution in [2.75, 3.05) is 0 Å². The molecule has 3 heteroatoms. The number of carboxylic acids is 1. The molecule has 4 saturated carbocycles. The summed E-state index contributed by atoms with van der Waals surface area (Å²) in [6.07, 6.45) is 13.7. The minimum absolute atomic E-state index is 0.0671. The Labute approximate surface area is 200 Å². The number of carboxylic acid groups (broad SMARTS) is 1. The molecule has 7 atom stereocenters. The van der Waals surface area contributed by atoms with Crippen LogP contribution in [0.15, 0.2) is 23.3 Å². The Morgan fingerprint density at radius 2 is 1.55 bits per heavy atom. The van der Waals surface area contributed by atoms with Crippen LogP contribution in [0, 0.1) is 44.3 Å². The van der Waals surface area contributed by atoms with Gasteiger partial charge in [-0.3, -0.25) is 9.59 Å². The number of fused-ring (bicyclic) bond motifs is 7. The molecule has 0 bridgehead atoms. The van der Waals surface area contributed by atoms with Crippen LogP contribution in [-0.2, 0) is 9.59 Å². The van der Waals surface area contributed by atoms with Gasteiger partial charge in [0.25, 0.3) is 0 Å². The zero-order valence-electron chi connectivity index (χ0n) is 21.9. The molecule has 3 nitrogen and oxygen atoms in total. The van der Waals surface area contributed by atoms with Gasteiger partial charge in [-0.25, -0.2) is 0 Å². The number of carbonyl (C=O) groups is 2. The highest BCUT2D eigenvalue weighted by Gasteiger charge is 2.66. The van der Waals surface area contributed by atoms with Gasteiger partial charge < -0.3 is 5.11 Å². The van der Waals surface area contributed by atoms with Crippen molar-refractivity contribution < 1.29 is 14.7 Å². The van der Waals surface area contributed by atoms with Crippen LogP contribution >= 0.6 is 0 Å². The minimum atomic E-state index is -0.627. The predicted molar refractivity (Wildman–Crippen MR) is 132 cm³/mol. The van der Waals surface area contributed by atoms with Crippen LogP contribution in [0.4, 0.5) is 0 Å². The average molecular weight is 453 g/mol.